The molecule has 20 heavy (non-hydrogen) atoms. The van der Waals surface area contributed by atoms with Crippen LogP contribution in [0.4, 0.5) is 4.39 Å². The summed E-state index contributed by atoms with van der Waals surface area (Å²) in [5, 5.41) is 0. The lowest BCUT2D eigenvalue weighted by Crippen LogP contribution is -2.19. The predicted octanol–water partition coefficient (Wildman–Crippen LogP) is 1.96. The van der Waals surface area contributed by atoms with Crippen LogP contribution in [0.3, 0.4) is 0 Å². The molecule has 1 heterocycles. The van der Waals surface area contributed by atoms with Gasteiger partial charge in [0.25, 0.3) is 0 Å². The second kappa shape index (κ2) is 5.75. The topological polar surface area (TPSA) is 60.4 Å². The lowest BCUT2D eigenvalue weighted by atomic mass is 10.1. The van der Waals surface area contributed by atoms with Gasteiger partial charge in [0, 0.05) is 5.57 Å². The average molecular weight is 298 g/mol. The summed E-state index contributed by atoms with van der Waals surface area (Å²) in [7, 11) is -3.07. The van der Waals surface area contributed by atoms with E-state index in [0.29, 0.717) is 17.6 Å². The van der Waals surface area contributed by atoms with Gasteiger partial charge in [-0.1, -0.05) is 12.1 Å². The molecule has 0 bridgehead atoms. The van der Waals surface area contributed by atoms with Gasteiger partial charge >= 0.3 is 5.97 Å². The van der Waals surface area contributed by atoms with Gasteiger partial charge < -0.3 is 4.74 Å². The van der Waals surface area contributed by atoms with Gasteiger partial charge in [0.1, 0.15) is 11.9 Å². The van der Waals surface area contributed by atoms with Crippen LogP contribution in [0.15, 0.2) is 29.8 Å². The van der Waals surface area contributed by atoms with Crippen LogP contribution in [0.25, 0.3) is 6.08 Å². The third-order valence-electron chi connectivity index (χ3n) is 3.04. The molecule has 1 saturated heterocycles. The highest BCUT2D eigenvalue weighted by molar-refractivity contribution is 7.91. The fraction of sp³-hybridized carbons (Fsp3) is 0.357. The summed E-state index contributed by atoms with van der Waals surface area (Å²) in [6, 6.07) is 5.69. The first-order chi connectivity index (χ1) is 9.35. The zero-order valence-electron chi connectivity index (χ0n) is 11.0. The summed E-state index contributed by atoms with van der Waals surface area (Å²) in [5.41, 5.74) is 1.03. The van der Waals surface area contributed by atoms with Crippen LogP contribution in [-0.4, -0.2) is 32.0 Å². The highest BCUT2D eigenvalue weighted by Crippen LogP contribution is 2.17. The van der Waals surface area contributed by atoms with Gasteiger partial charge in [-0.3, -0.25) is 0 Å². The molecule has 1 unspecified atom stereocenters. The second-order valence-corrected chi connectivity index (χ2v) is 7.04. The number of hydrogen-bond acceptors (Lipinski definition) is 4. The van der Waals surface area contributed by atoms with E-state index in [-0.39, 0.29) is 17.3 Å². The average Bonchev–Trinajstić information content (AvgIpc) is 2.71. The molecule has 1 fully saturated rings. The summed E-state index contributed by atoms with van der Waals surface area (Å²) in [6.45, 7) is 1.58. The monoisotopic (exact) mass is 298 g/mol. The van der Waals surface area contributed by atoms with Gasteiger partial charge in [-0.25, -0.2) is 17.6 Å². The number of hydrogen-bond donors (Lipinski definition) is 0. The Morgan fingerprint density at radius 3 is 2.55 bits per heavy atom. The number of benzene rings is 1. The number of rotatable bonds is 3. The van der Waals surface area contributed by atoms with Gasteiger partial charge in [-0.15, -0.1) is 0 Å². The van der Waals surface area contributed by atoms with Crippen molar-refractivity contribution in [3.05, 3.63) is 41.2 Å². The van der Waals surface area contributed by atoms with Crippen molar-refractivity contribution < 1.29 is 22.3 Å². The van der Waals surface area contributed by atoms with Crippen LogP contribution in [0.1, 0.15) is 18.9 Å². The number of halogens is 1. The molecule has 4 nitrogen and oxygen atoms in total. The van der Waals surface area contributed by atoms with Gasteiger partial charge in [0.05, 0.1) is 11.5 Å². The third kappa shape index (κ3) is 3.90. The number of esters is 1. The van der Waals surface area contributed by atoms with Crippen LogP contribution >= 0.6 is 0 Å². The molecule has 2 rings (SSSR count). The minimum absolute atomic E-state index is 0.0612. The molecule has 0 aliphatic carbocycles. The SMILES string of the molecule is C/C(=C\c1ccc(F)cc1)C(=O)OC1CCS(=O)(=O)C1. The number of carbonyl (C=O) groups excluding carboxylic acids is 1. The van der Waals surface area contributed by atoms with E-state index in [0.717, 1.165) is 0 Å². The lowest BCUT2D eigenvalue weighted by molar-refractivity contribution is -0.142. The first-order valence-electron chi connectivity index (χ1n) is 6.21. The Morgan fingerprint density at radius 2 is 2.00 bits per heavy atom. The summed E-state index contributed by atoms with van der Waals surface area (Å²) in [5.74, 6) is -0.941. The number of carbonyl (C=O) groups is 1. The molecule has 0 aromatic heterocycles. The van der Waals surface area contributed by atoms with E-state index in [9.17, 15) is 17.6 Å². The van der Waals surface area contributed by atoms with Crippen LogP contribution in [0, 0.1) is 5.82 Å². The van der Waals surface area contributed by atoms with Gasteiger partial charge in [-0.2, -0.15) is 0 Å². The van der Waals surface area contributed by atoms with E-state index in [2.05, 4.69) is 0 Å². The van der Waals surface area contributed by atoms with Crippen LogP contribution in [0.2, 0.25) is 0 Å². The zero-order valence-corrected chi connectivity index (χ0v) is 11.8. The maximum atomic E-state index is 12.8. The summed E-state index contributed by atoms with van der Waals surface area (Å²) in [4.78, 5) is 11.8. The van der Waals surface area contributed by atoms with Crippen LogP contribution < -0.4 is 0 Å². The Kier molecular flexibility index (Phi) is 4.23. The largest absolute Gasteiger partial charge is 0.458 e. The van der Waals surface area contributed by atoms with E-state index >= 15 is 0 Å². The zero-order chi connectivity index (χ0) is 14.8. The minimum Gasteiger partial charge on any atom is -0.458 e. The van der Waals surface area contributed by atoms with Crippen molar-refractivity contribution in [2.24, 2.45) is 0 Å². The quantitative estimate of drug-likeness (QED) is 0.632. The Balaban J connectivity index is 2.00. The van der Waals surface area contributed by atoms with E-state index in [4.69, 9.17) is 4.74 Å². The first-order valence-corrected chi connectivity index (χ1v) is 8.03. The molecular formula is C14H15FO4S. The van der Waals surface area contributed by atoms with Crippen molar-refractivity contribution in [2.45, 2.75) is 19.4 Å². The molecule has 0 spiro atoms. The minimum atomic E-state index is -3.07. The molecule has 0 amide bonds. The maximum absolute atomic E-state index is 12.8. The molecular weight excluding hydrogens is 283 g/mol. The number of sulfone groups is 1. The van der Waals surface area contributed by atoms with Crippen LogP contribution in [-0.2, 0) is 19.4 Å². The summed E-state index contributed by atoms with van der Waals surface area (Å²) >= 11 is 0. The molecule has 0 radical (unpaired) electrons. The highest BCUT2D eigenvalue weighted by atomic mass is 32.2. The Bertz CT molecular complexity index is 632. The molecule has 1 atom stereocenters. The number of ether oxygens (including phenoxy) is 1. The van der Waals surface area contributed by atoms with E-state index in [1.165, 1.54) is 12.1 Å². The van der Waals surface area contributed by atoms with Crippen molar-refractivity contribution in [2.75, 3.05) is 11.5 Å². The van der Waals surface area contributed by atoms with E-state index in [1.807, 2.05) is 0 Å². The molecule has 0 N–H and O–H groups in total. The van der Waals surface area contributed by atoms with Gasteiger partial charge in [-0.05, 0) is 37.1 Å². The van der Waals surface area contributed by atoms with Crippen LogP contribution in [0.5, 0.6) is 0 Å². The van der Waals surface area contributed by atoms with Gasteiger partial charge in [0.15, 0.2) is 9.84 Å². The van der Waals surface area contributed by atoms with Gasteiger partial charge in [0.2, 0.25) is 0 Å². The normalized spacial score (nSPS) is 21.7. The molecule has 1 aliphatic rings. The Labute approximate surface area is 117 Å². The molecule has 108 valence electrons. The predicted molar refractivity (Wildman–Crippen MR) is 73.2 cm³/mol. The smallest absolute Gasteiger partial charge is 0.334 e. The molecule has 1 aliphatic heterocycles. The van der Waals surface area contributed by atoms with Crippen molar-refractivity contribution in [3.63, 3.8) is 0 Å². The Hall–Kier alpha value is -1.69. The standard InChI is InChI=1S/C14H15FO4S/c1-10(8-11-2-4-12(15)5-3-11)14(16)19-13-6-7-20(17,18)9-13/h2-5,8,13H,6-7,9H2,1H3/b10-8+. The maximum Gasteiger partial charge on any atom is 0.334 e. The molecule has 1 aromatic carbocycles. The first kappa shape index (κ1) is 14.7. The third-order valence-corrected chi connectivity index (χ3v) is 4.78. The molecule has 1 aromatic rings. The summed E-state index contributed by atoms with van der Waals surface area (Å²) < 4.78 is 40.4. The van der Waals surface area contributed by atoms with E-state index < -0.39 is 21.9 Å². The van der Waals surface area contributed by atoms with Crippen molar-refractivity contribution >= 4 is 21.9 Å². The second-order valence-electron chi connectivity index (χ2n) is 4.81. The molecule has 6 heteroatoms. The highest BCUT2D eigenvalue weighted by Gasteiger charge is 2.30. The fourth-order valence-electron chi connectivity index (χ4n) is 1.97. The van der Waals surface area contributed by atoms with Crippen molar-refractivity contribution in [1.29, 1.82) is 0 Å². The Morgan fingerprint density at radius 1 is 1.35 bits per heavy atom. The van der Waals surface area contributed by atoms with Crippen molar-refractivity contribution in [3.8, 4) is 0 Å². The van der Waals surface area contributed by atoms with Crippen molar-refractivity contribution in [1.82, 2.24) is 0 Å². The van der Waals surface area contributed by atoms with E-state index in [1.54, 1.807) is 25.1 Å². The molecule has 0 saturated carbocycles. The summed E-state index contributed by atoms with van der Waals surface area (Å²) in [6.07, 6.45) is 1.35. The lowest BCUT2D eigenvalue weighted by Gasteiger charge is -2.10. The fourth-order valence-corrected chi connectivity index (χ4v) is 3.56.